The van der Waals surface area contributed by atoms with Crippen LogP contribution >= 0.6 is 0 Å². The molecule has 0 aliphatic rings. The molecule has 1 aromatic rings. The number of aromatic nitrogens is 3. The Labute approximate surface area is 79.3 Å². The fourth-order valence-corrected chi connectivity index (χ4v) is 1.54. The lowest BCUT2D eigenvalue weighted by Gasteiger charge is -2.06. The average Bonchev–Trinajstić information content (AvgIpc) is 2.43. The minimum absolute atomic E-state index is 0.492. The Kier molecular flexibility index (Phi) is 3.42. The van der Waals surface area contributed by atoms with Crippen molar-refractivity contribution in [3.8, 4) is 0 Å². The van der Waals surface area contributed by atoms with Gasteiger partial charge in [0.25, 0.3) is 0 Å². The maximum Gasteiger partial charge on any atom is 0.0874 e. The molecule has 0 aliphatic carbocycles. The van der Waals surface area contributed by atoms with E-state index in [0.717, 1.165) is 18.7 Å². The van der Waals surface area contributed by atoms with Crippen LogP contribution in [0.15, 0.2) is 0 Å². The van der Waals surface area contributed by atoms with E-state index in [1.807, 2.05) is 18.8 Å². The lowest BCUT2D eigenvalue weighted by molar-refractivity contribution is 0.646. The molecule has 1 N–H and O–H groups in total. The number of nitrogens with zero attached hydrogens (tertiary/aromatic N) is 3. The van der Waals surface area contributed by atoms with Crippen LogP contribution in [0.2, 0.25) is 0 Å². The van der Waals surface area contributed by atoms with E-state index in [-0.39, 0.29) is 0 Å². The smallest absolute Gasteiger partial charge is 0.0874 e. The Balaban J connectivity index is 2.81. The monoisotopic (exact) mass is 182 g/mol. The standard InChI is InChI=1S/C9H18N4/c1-7(2)9-8(5-6-10-3)11-12-13(9)4/h7,10H,5-6H2,1-4H3. The van der Waals surface area contributed by atoms with Crippen molar-refractivity contribution in [2.75, 3.05) is 13.6 Å². The Hall–Kier alpha value is -0.900. The number of aryl methyl sites for hydroxylation is 1. The molecule has 1 rings (SSSR count). The zero-order valence-electron chi connectivity index (χ0n) is 8.83. The van der Waals surface area contributed by atoms with Gasteiger partial charge in [-0.25, -0.2) is 0 Å². The van der Waals surface area contributed by atoms with Gasteiger partial charge in [0, 0.05) is 20.0 Å². The maximum atomic E-state index is 4.15. The molecule has 0 radical (unpaired) electrons. The normalized spacial score (nSPS) is 11.2. The molecule has 0 amide bonds. The van der Waals surface area contributed by atoms with E-state index < -0.39 is 0 Å². The van der Waals surface area contributed by atoms with E-state index >= 15 is 0 Å². The van der Waals surface area contributed by atoms with Crippen molar-refractivity contribution in [1.82, 2.24) is 20.3 Å². The summed E-state index contributed by atoms with van der Waals surface area (Å²) in [6.07, 6.45) is 0.956. The van der Waals surface area contributed by atoms with E-state index in [9.17, 15) is 0 Å². The molecule has 0 saturated carbocycles. The van der Waals surface area contributed by atoms with Gasteiger partial charge in [-0.15, -0.1) is 5.10 Å². The van der Waals surface area contributed by atoms with Crippen LogP contribution in [0.4, 0.5) is 0 Å². The van der Waals surface area contributed by atoms with Crippen LogP contribution < -0.4 is 5.32 Å². The van der Waals surface area contributed by atoms with E-state index in [1.165, 1.54) is 5.69 Å². The Morgan fingerprint density at radius 3 is 2.69 bits per heavy atom. The molecule has 0 aromatic carbocycles. The van der Waals surface area contributed by atoms with Gasteiger partial charge in [0.1, 0.15) is 0 Å². The van der Waals surface area contributed by atoms with Crippen molar-refractivity contribution in [3.63, 3.8) is 0 Å². The van der Waals surface area contributed by atoms with Crippen molar-refractivity contribution >= 4 is 0 Å². The van der Waals surface area contributed by atoms with Crippen LogP contribution in [0, 0.1) is 0 Å². The summed E-state index contributed by atoms with van der Waals surface area (Å²) < 4.78 is 1.87. The summed E-state index contributed by atoms with van der Waals surface area (Å²) in [5.74, 6) is 0.492. The predicted molar refractivity (Wildman–Crippen MR) is 52.7 cm³/mol. The van der Waals surface area contributed by atoms with Crippen LogP contribution in [0.5, 0.6) is 0 Å². The van der Waals surface area contributed by atoms with Crippen LogP contribution in [0.1, 0.15) is 31.2 Å². The van der Waals surface area contributed by atoms with Crippen molar-refractivity contribution < 1.29 is 0 Å². The molecule has 74 valence electrons. The highest BCUT2D eigenvalue weighted by atomic mass is 15.4. The number of rotatable bonds is 4. The molecule has 4 nitrogen and oxygen atoms in total. The van der Waals surface area contributed by atoms with Gasteiger partial charge in [-0.05, 0) is 13.0 Å². The Bertz CT molecular complexity index is 265. The molecule has 0 spiro atoms. The lowest BCUT2D eigenvalue weighted by Crippen LogP contribution is -2.12. The molecular formula is C9H18N4. The molecule has 0 aliphatic heterocycles. The molecule has 0 fully saturated rings. The van der Waals surface area contributed by atoms with Crippen molar-refractivity contribution in [2.24, 2.45) is 7.05 Å². The molecule has 4 heteroatoms. The van der Waals surface area contributed by atoms with E-state index in [1.54, 1.807) is 0 Å². The second-order valence-electron chi connectivity index (χ2n) is 3.55. The third-order valence-corrected chi connectivity index (χ3v) is 2.10. The molecule has 1 heterocycles. The number of hydrogen-bond donors (Lipinski definition) is 1. The minimum Gasteiger partial charge on any atom is -0.319 e. The van der Waals surface area contributed by atoms with Gasteiger partial charge in [-0.2, -0.15) is 0 Å². The minimum atomic E-state index is 0.492. The molecular weight excluding hydrogens is 164 g/mol. The summed E-state index contributed by atoms with van der Waals surface area (Å²) in [5.41, 5.74) is 2.36. The first-order valence-corrected chi connectivity index (χ1v) is 4.69. The molecule has 1 aromatic heterocycles. The van der Waals surface area contributed by atoms with E-state index in [4.69, 9.17) is 0 Å². The molecule has 13 heavy (non-hydrogen) atoms. The van der Waals surface area contributed by atoms with Crippen LogP contribution in [0.3, 0.4) is 0 Å². The van der Waals surface area contributed by atoms with Crippen LogP contribution in [-0.2, 0) is 13.5 Å². The summed E-state index contributed by atoms with van der Waals surface area (Å²) >= 11 is 0. The third-order valence-electron chi connectivity index (χ3n) is 2.10. The van der Waals surface area contributed by atoms with Crippen molar-refractivity contribution in [3.05, 3.63) is 11.4 Å². The first-order valence-electron chi connectivity index (χ1n) is 4.69. The quantitative estimate of drug-likeness (QED) is 0.745. The first-order chi connectivity index (χ1) is 6.16. The van der Waals surface area contributed by atoms with Crippen LogP contribution in [0.25, 0.3) is 0 Å². The summed E-state index contributed by atoms with van der Waals surface area (Å²) in [7, 11) is 3.90. The first kappa shape index (κ1) is 10.2. The van der Waals surface area contributed by atoms with Gasteiger partial charge >= 0.3 is 0 Å². The topological polar surface area (TPSA) is 42.7 Å². The highest BCUT2D eigenvalue weighted by molar-refractivity contribution is 5.14. The highest BCUT2D eigenvalue weighted by Gasteiger charge is 2.12. The molecule has 0 bridgehead atoms. The lowest BCUT2D eigenvalue weighted by atomic mass is 10.1. The van der Waals surface area contributed by atoms with Crippen LogP contribution in [-0.4, -0.2) is 28.6 Å². The van der Waals surface area contributed by atoms with Gasteiger partial charge in [0.05, 0.1) is 11.4 Å². The third kappa shape index (κ3) is 2.28. The summed E-state index contributed by atoms with van der Waals surface area (Å²) in [6.45, 7) is 5.29. The van der Waals surface area contributed by atoms with Gasteiger partial charge in [-0.1, -0.05) is 19.1 Å². The van der Waals surface area contributed by atoms with Gasteiger partial charge in [0.2, 0.25) is 0 Å². The zero-order valence-corrected chi connectivity index (χ0v) is 8.83. The zero-order chi connectivity index (χ0) is 9.84. The largest absolute Gasteiger partial charge is 0.319 e. The van der Waals surface area contributed by atoms with Crippen molar-refractivity contribution in [2.45, 2.75) is 26.2 Å². The molecule has 0 saturated heterocycles. The fraction of sp³-hybridized carbons (Fsp3) is 0.778. The summed E-state index contributed by atoms with van der Waals surface area (Å²) in [6, 6.07) is 0. The number of hydrogen-bond acceptors (Lipinski definition) is 3. The summed E-state index contributed by atoms with van der Waals surface area (Å²) in [5, 5.41) is 11.3. The predicted octanol–water partition coefficient (Wildman–Crippen LogP) is 0.700. The average molecular weight is 182 g/mol. The van der Waals surface area contributed by atoms with Gasteiger partial charge in [-0.3, -0.25) is 4.68 Å². The molecule has 0 unspecified atom stereocenters. The maximum absolute atomic E-state index is 4.15. The molecule has 0 atom stereocenters. The van der Waals surface area contributed by atoms with Gasteiger partial charge in [0.15, 0.2) is 0 Å². The second-order valence-corrected chi connectivity index (χ2v) is 3.55. The Morgan fingerprint density at radius 2 is 2.15 bits per heavy atom. The van der Waals surface area contributed by atoms with Gasteiger partial charge < -0.3 is 5.32 Å². The van der Waals surface area contributed by atoms with Crippen molar-refractivity contribution in [1.29, 1.82) is 0 Å². The van der Waals surface area contributed by atoms with E-state index in [2.05, 4.69) is 29.5 Å². The fourth-order valence-electron chi connectivity index (χ4n) is 1.54. The highest BCUT2D eigenvalue weighted by Crippen LogP contribution is 2.16. The SMILES string of the molecule is CNCCc1nnn(C)c1C(C)C. The number of likely N-dealkylation sites (N-methyl/N-ethyl adjacent to an activating group) is 1. The van der Waals surface area contributed by atoms with E-state index in [0.29, 0.717) is 5.92 Å². The summed E-state index contributed by atoms with van der Waals surface area (Å²) in [4.78, 5) is 0. The Morgan fingerprint density at radius 1 is 1.46 bits per heavy atom. The number of nitrogens with one attached hydrogen (secondary N) is 1. The second kappa shape index (κ2) is 4.37.